The van der Waals surface area contributed by atoms with Crippen molar-refractivity contribution in [2.24, 2.45) is 0 Å². The van der Waals surface area contributed by atoms with Crippen molar-refractivity contribution in [2.45, 2.75) is 20.3 Å². The molecule has 0 radical (unpaired) electrons. The Morgan fingerprint density at radius 1 is 1.07 bits per heavy atom. The van der Waals surface area contributed by atoms with Gasteiger partial charge in [0, 0.05) is 17.1 Å². The van der Waals surface area contributed by atoms with E-state index >= 15 is 0 Å². The fourth-order valence-corrected chi connectivity index (χ4v) is 1.00. The quantitative estimate of drug-likeness (QED) is 0.469. The van der Waals surface area contributed by atoms with Crippen molar-refractivity contribution < 1.29 is 17.1 Å². The van der Waals surface area contributed by atoms with Gasteiger partial charge in [-0.15, -0.1) is 6.42 Å². The van der Waals surface area contributed by atoms with Crippen LogP contribution in [0, 0.1) is 19.9 Å². The minimum absolute atomic E-state index is 0. The van der Waals surface area contributed by atoms with Crippen molar-refractivity contribution in [3.63, 3.8) is 0 Å². The Balaban J connectivity index is 0.000000246. The number of benzene rings is 1. The summed E-state index contributed by atoms with van der Waals surface area (Å²) < 4.78 is 0. The minimum Gasteiger partial charge on any atom is -0.273 e. The standard InChI is InChI=1S/C8H10.C5H5.Fe/c1-7-5-3-4-6-8(7)2;1-2-4-5-3-1;/h3-6H,1-2H3;1-3H,4H2;/q;-1;. The van der Waals surface area contributed by atoms with E-state index in [1.807, 2.05) is 12.2 Å². The zero-order valence-corrected chi connectivity index (χ0v) is 9.71. The van der Waals surface area contributed by atoms with Gasteiger partial charge in [-0.2, -0.15) is 6.08 Å². The first kappa shape index (κ1) is 13.2. The maximum Gasteiger partial charge on any atom is 0 e. The van der Waals surface area contributed by atoms with E-state index < -0.39 is 0 Å². The van der Waals surface area contributed by atoms with Gasteiger partial charge in [0.05, 0.1) is 0 Å². The molecular weight excluding hydrogens is 212 g/mol. The Morgan fingerprint density at radius 3 is 1.86 bits per heavy atom. The summed E-state index contributed by atoms with van der Waals surface area (Å²) in [6.45, 7) is 4.24. The molecule has 0 aliphatic heterocycles. The van der Waals surface area contributed by atoms with Gasteiger partial charge in [0.2, 0.25) is 0 Å². The topological polar surface area (TPSA) is 0 Å². The van der Waals surface area contributed by atoms with E-state index in [1.165, 1.54) is 11.1 Å². The molecule has 2 rings (SSSR count). The third-order valence-corrected chi connectivity index (χ3v) is 2.01. The second-order valence-corrected chi connectivity index (χ2v) is 3.09. The van der Waals surface area contributed by atoms with Crippen LogP contribution >= 0.6 is 0 Å². The maximum absolute atomic E-state index is 2.99. The van der Waals surface area contributed by atoms with Crippen molar-refractivity contribution in [1.82, 2.24) is 0 Å². The third kappa shape index (κ3) is 5.06. The van der Waals surface area contributed by atoms with Crippen LogP contribution in [-0.2, 0) is 17.1 Å². The third-order valence-electron chi connectivity index (χ3n) is 2.01. The Hall–Kier alpha value is -0.781. The summed E-state index contributed by atoms with van der Waals surface area (Å²) in [5.74, 6) is 0. The van der Waals surface area contributed by atoms with Crippen LogP contribution in [0.25, 0.3) is 0 Å². The fourth-order valence-electron chi connectivity index (χ4n) is 1.00. The van der Waals surface area contributed by atoms with E-state index in [1.54, 1.807) is 0 Å². The molecule has 1 aliphatic rings. The van der Waals surface area contributed by atoms with Crippen molar-refractivity contribution in [3.8, 4) is 0 Å². The van der Waals surface area contributed by atoms with Gasteiger partial charge >= 0.3 is 0 Å². The summed E-state index contributed by atoms with van der Waals surface area (Å²) in [5, 5.41) is 0. The summed E-state index contributed by atoms with van der Waals surface area (Å²) in [7, 11) is 0. The Morgan fingerprint density at radius 2 is 1.64 bits per heavy atom. The van der Waals surface area contributed by atoms with Crippen molar-refractivity contribution in [3.05, 3.63) is 59.7 Å². The first-order valence-corrected chi connectivity index (χ1v) is 4.54. The second kappa shape index (κ2) is 7.61. The van der Waals surface area contributed by atoms with Crippen LogP contribution in [-0.4, -0.2) is 0 Å². The minimum atomic E-state index is 0. The van der Waals surface area contributed by atoms with Gasteiger partial charge in [-0.25, -0.2) is 12.2 Å². The number of rotatable bonds is 0. The summed E-state index contributed by atoms with van der Waals surface area (Å²) in [5.41, 5.74) is 2.74. The molecule has 1 aromatic carbocycles. The molecule has 0 fully saturated rings. The molecular formula is C13H15Fe-. The maximum atomic E-state index is 2.99. The first-order valence-electron chi connectivity index (χ1n) is 4.54. The van der Waals surface area contributed by atoms with Crippen LogP contribution in [0.3, 0.4) is 0 Å². The predicted octanol–water partition coefficient (Wildman–Crippen LogP) is 3.61. The Labute approximate surface area is 97.2 Å². The summed E-state index contributed by atoms with van der Waals surface area (Å²) in [6, 6.07) is 8.36. The van der Waals surface area contributed by atoms with Gasteiger partial charge in [0.25, 0.3) is 0 Å². The van der Waals surface area contributed by atoms with Crippen molar-refractivity contribution in [1.29, 1.82) is 0 Å². The molecule has 0 atom stereocenters. The average molecular weight is 227 g/mol. The number of aryl methyl sites for hydroxylation is 2. The van der Waals surface area contributed by atoms with E-state index in [-0.39, 0.29) is 17.1 Å². The van der Waals surface area contributed by atoms with E-state index in [4.69, 9.17) is 0 Å². The smallest absolute Gasteiger partial charge is 0 e. The molecule has 76 valence electrons. The van der Waals surface area contributed by atoms with E-state index in [2.05, 4.69) is 50.3 Å². The fraction of sp³-hybridized carbons (Fsp3) is 0.231. The van der Waals surface area contributed by atoms with Crippen LogP contribution < -0.4 is 0 Å². The van der Waals surface area contributed by atoms with Crippen molar-refractivity contribution in [2.75, 3.05) is 0 Å². The normalized spacial score (nSPS) is 11.6. The molecule has 0 aromatic heterocycles. The molecule has 1 aromatic rings. The van der Waals surface area contributed by atoms with Gasteiger partial charge in [-0.3, -0.25) is 6.08 Å². The predicted molar refractivity (Wildman–Crippen MR) is 57.5 cm³/mol. The molecule has 0 bridgehead atoms. The van der Waals surface area contributed by atoms with Crippen LogP contribution in [0.4, 0.5) is 0 Å². The number of hydrogen-bond donors (Lipinski definition) is 0. The second-order valence-electron chi connectivity index (χ2n) is 3.09. The molecule has 14 heavy (non-hydrogen) atoms. The molecule has 0 spiro atoms. The number of allylic oxidation sites excluding steroid dienone is 4. The summed E-state index contributed by atoms with van der Waals surface area (Å²) in [4.78, 5) is 0. The van der Waals surface area contributed by atoms with Gasteiger partial charge in [0.15, 0.2) is 0 Å². The molecule has 0 unspecified atom stereocenters. The number of hydrogen-bond acceptors (Lipinski definition) is 0. The van der Waals surface area contributed by atoms with Crippen LogP contribution in [0.15, 0.2) is 42.5 Å². The van der Waals surface area contributed by atoms with Gasteiger partial charge in [0.1, 0.15) is 0 Å². The Bertz CT molecular complexity index is 280. The summed E-state index contributed by atoms with van der Waals surface area (Å²) >= 11 is 0. The van der Waals surface area contributed by atoms with Gasteiger partial charge in [-0.05, 0) is 25.0 Å². The molecule has 0 amide bonds. The van der Waals surface area contributed by atoms with E-state index in [0.717, 1.165) is 6.42 Å². The van der Waals surface area contributed by atoms with E-state index in [9.17, 15) is 0 Å². The molecule has 0 heterocycles. The Kier molecular flexibility index (Phi) is 7.18. The van der Waals surface area contributed by atoms with Gasteiger partial charge in [-0.1, -0.05) is 24.3 Å². The zero-order valence-electron chi connectivity index (χ0n) is 8.60. The molecule has 0 N–H and O–H groups in total. The van der Waals surface area contributed by atoms with E-state index in [0.29, 0.717) is 0 Å². The molecule has 0 saturated heterocycles. The van der Waals surface area contributed by atoms with Crippen LogP contribution in [0.2, 0.25) is 0 Å². The van der Waals surface area contributed by atoms with Crippen molar-refractivity contribution >= 4 is 0 Å². The SMILES string of the molecule is Cc1ccccc1C.[C-]1=CC=CC1.[Fe]. The van der Waals surface area contributed by atoms with Crippen LogP contribution in [0.5, 0.6) is 0 Å². The first-order chi connectivity index (χ1) is 6.30. The van der Waals surface area contributed by atoms with Gasteiger partial charge < -0.3 is 0 Å². The molecule has 0 nitrogen and oxygen atoms in total. The molecule has 1 heteroatoms. The zero-order chi connectivity index (χ0) is 9.52. The van der Waals surface area contributed by atoms with Crippen LogP contribution in [0.1, 0.15) is 17.5 Å². The monoisotopic (exact) mass is 227 g/mol. The largest absolute Gasteiger partial charge is 0.273 e. The molecule has 1 aliphatic carbocycles. The average Bonchev–Trinajstić information content (AvgIpc) is 2.68. The molecule has 0 saturated carbocycles. The summed E-state index contributed by atoms with van der Waals surface area (Å²) in [6.07, 6.45) is 10.0.